The molecular weight excluding hydrogens is 489 g/mol. The van der Waals surface area contributed by atoms with Crippen LogP contribution in [0.15, 0.2) is 98.8 Å². The standard InChI is InChI=1S/C29H28N2OS3/c1-3-30-23-15-8-9-16-24(23)34-26(30)18-17-21-13-10-14-22(27(21)20-11-6-5-7-12-20)19-25-28(32)31(4-2)29(33)35-25/h5-9,11-12,15-19H,3-4,10,13-14H2,1-2H3/b21-17+,25-19+,26-18-. The number of thiocarbonyl (C=S) groups is 1. The molecule has 35 heavy (non-hydrogen) atoms. The third-order valence-electron chi connectivity index (χ3n) is 6.47. The van der Waals surface area contributed by atoms with Crippen LogP contribution in [-0.2, 0) is 4.79 Å². The molecule has 1 fully saturated rings. The highest BCUT2D eigenvalue weighted by Gasteiger charge is 2.31. The number of hydrogen-bond donors (Lipinski definition) is 0. The van der Waals surface area contributed by atoms with Crippen LogP contribution in [0.2, 0.25) is 0 Å². The van der Waals surface area contributed by atoms with Crippen molar-refractivity contribution < 1.29 is 4.79 Å². The quantitative estimate of drug-likeness (QED) is 0.298. The number of amides is 1. The summed E-state index contributed by atoms with van der Waals surface area (Å²) in [6.45, 7) is 5.71. The molecule has 0 atom stereocenters. The molecular formula is C29H28N2OS3. The Morgan fingerprint density at radius 1 is 0.914 bits per heavy atom. The second-order valence-electron chi connectivity index (χ2n) is 8.56. The molecule has 2 aromatic rings. The number of anilines is 1. The van der Waals surface area contributed by atoms with Gasteiger partial charge in [-0.05, 0) is 79.7 Å². The van der Waals surface area contributed by atoms with Crippen LogP contribution in [0.4, 0.5) is 5.69 Å². The Hall–Kier alpha value is -2.54. The third-order valence-corrected chi connectivity index (χ3v) is 8.98. The largest absolute Gasteiger partial charge is 0.335 e. The number of hydrogen-bond acceptors (Lipinski definition) is 5. The van der Waals surface area contributed by atoms with Crippen molar-refractivity contribution in [3.8, 4) is 0 Å². The minimum atomic E-state index is 0.0272. The minimum Gasteiger partial charge on any atom is -0.335 e. The molecule has 3 aliphatic rings. The van der Waals surface area contributed by atoms with E-state index in [1.54, 1.807) is 4.90 Å². The van der Waals surface area contributed by atoms with Gasteiger partial charge in [-0.3, -0.25) is 9.69 Å². The highest BCUT2D eigenvalue weighted by atomic mass is 32.2. The van der Waals surface area contributed by atoms with Crippen molar-refractivity contribution in [2.45, 2.75) is 38.0 Å². The molecule has 3 nitrogen and oxygen atoms in total. The highest BCUT2D eigenvalue weighted by Crippen LogP contribution is 2.46. The Labute approximate surface area is 221 Å². The summed E-state index contributed by atoms with van der Waals surface area (Å²) in [5.41, 5.74) is 6.27. The molecule has 1 saturated heterocycles. The zero-order chi connectivity index (χ0) is 24.4. The molecule has 0 N–H and O–H groups in total. The number of nitrogens with zero attached hydrogens (tertiary/aromatic N) is 2. The molecule has 6 heteroatoms. The van der Waals surface area contributed by atoms with Gasteiger partial charge in [0.05, 0.1) is 15.6 Å². The molecule has 0 saturated carbocycles. The van der Waals surface area contributed by atoms with E-state index >= 15 is 0 Å². The first-order valence-electron chi connectivity index (χ1n) is 12.1. The topological polar surface area (TPSA) is 23.6 Å². The summed E-state index contributed by atoms with van der Waals surface area (Å²) < 4.78 is 0.652. The van der Waals surface area contributed by atoms with Gasteiger partial charge in [0.2, 0.25) is 0 Å². The van der Waals surface area contributed by atoms with Gasteiger partial charge in [0.1, 0.15) is 4.32 Å². The number of fused-ring (bicyclic) bond motifs is 1. The maximum atomic E-state index is 12.9. The molecule has 2 heterocycles. The van der Waals surface area contributed by atoms with Crippen molar-refractivity contribution >= 4 is 57.2 Å². The maximum Gasteiger partial charge on any atom is 0.266 e. The molecule has 1 aliphatic carbocycles. The Bertz CT molecular complexity index is 1290. The molecule has 5 rings (SSSR count). The average molecular weight is 517 g/mol. The number of para-hydroxylation sites is 1. The van der Waals surface area contributed by atoms with Crippen molar-refractivity contribution in [1.82, 2.24) is 4.90 Å². The van der Waals surface area contributed by atoms with E-state index in [1.807, 2.05) is 18.7 Å². The van der Waals surface area contributed by atoms with Gasteiger partial charge in [0, 0.05) is 18.0 Å². The summed E-state index contributed by atoms with van der Waals surface area (Å²) in [4.78, 5) is 19.0. The van der Waals surface area contributed by atoms with Crippen molar-refractivity contribution in [3.63, 3.8) is 0 Å². The van der Waals surface area contributed by atoms with E-state index in [-0.39, 0.29) is 5.91 Å². The van der Waals surface area contributed by atoms with Gasteiger partial charge in [-0.25, -0.2) is 0 Å². The van der Waals surface area contributed by atoms with E-state index in [2.05, 4.69) is 84.6 Å². The predicted molar refractivity (Wildman–Crippen MR) is 154 cm³/mol. The lowest BCUT2D eigenvalue weighted by Crippen LogP contribution is -2.27. The number of rotatable bonds is 5. The van der Waals surface area contributed by atoms with Crippen LogP contribution in [0.3, 0.4) is 0 Å². The van der Waals surface area contributed by atoms with Gasteiger partial charge in [0.15, 0.2) is 0 Å². The number of likely N-dealkylation sites (N-methyl/N-ethyl adjacent to an activating group) is 1. The van der Waals surface area contributed by atoms with E-state index < -0.39 is 0 Å². The van der Waals surface area contributed by atoms with Crippen LogP contribution in [0.25, 0.3) is 5.57 Å². The van der Waals surface area contributed by atoms with Crippen molar-refractivity contribution in [1.29, 1.82) is 0 Å². The summed E-state index contributed by atoms with van der Waals surface area (Å²) in [6, 6.07) is 19.2. The van der Waals surface area contributed by atoms with Gasteiger partial charge in [0.25, 0.3) is 5.91 Å². The average Bonchev–Trinajstić information content (AvgIpc) is 3.38. The van der Waals surface area contributed by atoms with Crippen LogP contribution >= 0.6 is 35.7 Å². The first kappa shape index (κ1) is 24.2. The number of carbonyl (C=O) groups is 1. The predicted octanol–water partition coefficient (Wildman–Crippen LogP) is 7.79. The van der Waals surface area contributed by atoms with Crippen LogP contribution < -0.4 is 4.90 Å². The molecule has 0 spiro atoms. The Morgan fingerprint density at radius 3 is 2.40 bits per heavy atom. The van der Waals surface area contributed by atoms with Crippen LogP contribution in [0, 0.1) is 0 Å². The van der Waals surface area contributed by atoms with E-state index in [9.17, 15) is 4.79 Å². The normalized spacial score (nSPS) is 21.7. The van der Waals surface area contributed by atoms with E-state index in [0.29, 0.717) is 10.9 Å². The fourth-order valence-corrected chi connectivity index (χ4v) is 7.34. The Kier molecular flexibility index (Phi) is 7.32. The SMILES string of the molecule is CCN1C(=O)/C(=C\C2=C(c3ccccc3)C(=C/C=C3\Sc4ccccc4N3CC)/CCC2)SC1=S. The maximum absolute atomic E-state index is 12.9. The first-order chi connectivity index (χ1) is 17.1. The van der Waals surface area contributed by atoms with E-state index in [0.717, 1.165) is 30.7 Å². The Balaban J connectivity index is 1.57. The summed E-state index contributed by atoms with van der Waals surface area (Å²) in [5.74, 6) is 0.0272. The summed E-state index contributed by atoms with van der Waals surface area (Å²) in [7, 11) is 0. The zero-order valence-electron chi connectivity index (χ0n) is 20.0. The van der Waals surface area contributed by atoms with Gasteiger partial charge in [-0.15, -0.1) is 0 Å². The zero-order valence-corrected chi connectivity index (χ0v) is 22.4. The second-order valence-corrected chi connectivity index (χ2v) is 11.3. The molecule has 1 amide bonds. The first-order valence-corrected chi connectivity index (χ1v) is 14.1. The Morgan fingerprint density at radius 2 is 1.66 bits per heavy atom. The molecule has 2 aliphatic heterocycles. The molecule has 0 aromatic heterocycles. The van der Waals surface area contributed by atoms with Crippen LogP contribution in [-0.4, -0.2) is 28.2 Å². The lowest BCUT2D eigenvalue weighted by Gasteiger charge is -2.23. The summed E-state index contributed by atoms with van der Waals surface area (Å²) in [6.07, 6.45) is 9.70. The number of carbonyl (C=O) groups excluding carboxylic acids is 1. The molecule has 2 aromatic carbocycles. The minimum absolute atomic E-state index is 0.0272. The van der Waals surface area contributed by atoms with Gasteiger partial charge >= 0.3 is 0 Å². The monoisotopic (exact) mass is 516 g/mol. The number of allylic oxidation sites excluding steroid dienone is 6. The molecule has 0 radical (unpaired) electrons. The van der Waals surface area contributed by atoms with Crippen LogP contribution in [0.1, 0.15) is 38.7 Å². The molecule has 0 unspecified atom stereocenters. The van der Waals surface area contributed by atoms with Gasteiger partial charge in [-0.1, -0.05) is 84.3 Å². The van der Waals surface area contributed by atoms with Crippen molar-refractivity contribution in [3.05, 3.63) is 99.5 Å². The third kappa shape index (κ3) is 4.80. The highest BCUT2D eigenvalue weighted by molar-refractivity contribution is 8.26. The molecule has 178 valence electrons. The van der Waals surface area contributed by atoms with E-state index in [4.69, 9.17) is 12.2 Å². The van der Waals surface area contributed by atoms with Gasteiger partial charge < -0.3 is 4.90 Å². The lowest BCUT2D eigenvalue weighted by atomic mass is 9.83. The summed E-state index contributed by atoms with van der Waals surface area (Å²) >= 11 is 8.70. The number of benzene rings is 2. The smallest absolute Gasteiger partial charge is 0.266 e. The number of thioether (sulfide) groups is 2. The lowest BCUT2D eigenvalue weighted by molar-refractivity contribution is -0.122. The van der Waals surface area contributed by atoms with Crippen molar-refractivity contribution in [2.75, 3.05) is 18.0 Å². The van der Waals surface area contributed by atoms with Gasteiger partial charge in [-0.2, -0.15) is 0 Å². The van der Waals surface area contributed by atoms with Crippen molar-refractivity contribution in [2.24, 2.45) is 0 Å². The fourth-order valence-electron chi connectivity index (χ4n) is 4.82. The van der Waals surface area contributed by atoms with Crippen LogP contribution in [0.5, 0.6) is 0 Å². The van der Waals surface area contributed by atoms with E-state index in [1.165, 1.54) is 49.7 Å². The molecule has 0 bridgehead atoms. The second kappa shape index (κ2) is 10.6. The fraction of sp³-hybridized carbons (Fsp3) is 0.241. The summed E-state index contributed by atoms with van der Waals surface area (Å²) in [5, 5.41) is 1.25.